The monoisotopic (exact) mass is 188 g/mol. The van der Waals surface area contributed by atoms with Gasteiger partial charge in [-0.15, -0.1) is 5.10 Å². The molecule has 72 valence electrons. The molecule has 2 rings (SSSR count). The number of nitrogens with one attached hydrogen (secondary N) is 1. The maximum absolute atomic E-state index is 8.83. The maximum atomic E-state index is 8.83. The highest BCUT2D eigenvalue weighted by Gasteiger charge is 2.16. The molecule has 4 nitrogen and oxygen atoms in total. The van der Waals surface area contributed by atoms with E-state index in [0.717, 1.165) is 0 Å². The van der Waals surface area contributed by atoms with E-state index in [1.807, 2.05) is 0 Å². The largest absolute Gasteiger partial charge is 0.365 e. The highest BCUT2D eigenvalue weighted by molar-refractivity contribution is 5.50. The van der Waals surface area contributed by atoms with Crippen LogP contribution in [0.15, 0.2) is 12.3 Å². The topological polar surface area (TPSA) is 61.6 Å². The van der Waals surface area contributed by atoms with Gasteiger partial charge in [-0.2, -0.15) is 10.4 Å². The van der Waals surface area contributed by atoms with Gasteiger partial charge in [-0.25, -0.2) is 0 Å². The Balaban J connectivity index is 2.11. The first-order chi connectivity index (χ1) is 6.90. The van der Waals surface area contributed by atoms with Gasteiger partial charge in [0.05, 0.1) is 11.8 Å². The van der Waals surface area contributed by atoms with Crippen molar-refractivity contribution in [3.8, 4) is 6.07 Å². The summed E-state index contributed by atoms with van der Waals surface area (Å²) in [5.41, 5.74) is 0.576. The predicted octanol–water partition coefficient (Wildman–Crippen LogP) is 1.70. The standard InChI is InChI=1S/C10H12N4/c11-7-8-5-6-12-14-10(8)13-9-3-1-2-4-9/h5-6,9H,1-4H2,(H,13,14). The Morgan fingerprint density at radius 2 is 2.21 bits per heavy atom. The van der Waals surface area contributed by atoms with E-state index in [2.05, 4.69) is 21.6 Å². The van der Waals surface area contributed by atoms with Crippen molar-refractivity contribution in [2.75, 3.05) is 5.32 Å². The lowest BCUT2D eigenvalue weighted by molar-refractivity contribution is 0.745. The summed E-state index contributed by atoms with van der Waals surface area (Å²) >= 11 is 0. The molecule has 0 radical (unpaired) electrons. The number of aromatic nitrogens is 2. The van der Waals surface area contributed by atoms with Gasteiger partial charge in [0.15, 0.2) is 5.82 Å². The normalized spacial score (nSPS) is 16.5. The van der Waals surface area contributed by atoms with Crippen molar-refractivity contribution >= 4 is 5.82 Å². The fourth-order valence-electron chi connectivity index (χ4n) is 1.79. The third kappa shape index (κ3) is 1.82. The fraction of sp³-hybridized carbons (Fsp3) is 0.500. The van der Waals surface area contributed by atoms with Crippen LogP contribution < -0.4 is 5.32 Å². The molecule has 0 amide bonds. The van der Waals surface area contributed by atoms with Gasteiger partial charge in [0.1, 0.15) is 6.07 Å². The van der Waals surface area contributed by atoms with E-state index in [4.69, 9.17) is 5.26 Å². The minimum atomic E-state index is 0.471. The lowest BCUT2D eigenvalue weighted by Gasteiger charge is -2.12. The number of nitriles is 1. The van der Waals surface area contributed by atoms with E-state index >= 15 is 0 Å². The highest BCUT2D eigenvalue weighted by atomic mass is 15.2. The zero-order chi connectivity index (χ0) is 9.80. The van der Waals surface area contributed by atoms with Crippen molar-refractivity contribution in [1.82, 2.24) is 10.2 Å². The number of hydrogen-bond acceptors (Lipinski definition) is 4. The van der Waals surface area contributed by atoms with Crippen LogP contribution >= 0.6 is 0 Å². The molecule has 0 atom stereocenters. The first kappa shape index (κ1) is 8.95. The Morgan fingerprint density at radius 1 is 1.43 bits per heavy atom. The average Bonchev–Trinajstić information content (AvgIpc) is 2.71. The molecule has 1 N–H and O–H groups in total. The van der Waals surface area contributed by atoms with E-state index in [1.54, 1.807) is 12.3 Å². The first-order valence-electron chi connectivity index (χ1n) is 4.88. The Hall–Kier alpha value is -1.63. The van der Waals surface area contributed by atoms with Gasteiger partial charge >= 0.3 is 0 Å². The van der Waals surface area contributed by atoms with Crippen molar-refractivity contribution < 1.29 is 0 Å². The molecule has 0 aromatic carbocycles. The van der Waals surface area contributed by atoms with E-state index < -0.39 is 0 Å². The Morgan fingerprint density at radius 3 is 2.93 bits per heavy atom. The van der Waals surface area contributed by atoms with Crippen LogP contribution in [0.5, 0.6) is 0 Å². The maximum Gasteiger partial charge on any atom is 0.166 e. The van der Waals surface area contributed by atoms with Gasteiger partial charge < -0.3 is 5.32 Å². The van der Waals surface area contributed by atoms with Gasteiger partial charge in [-0.3, -0.25) is 0 Å². The Kier molecular flexibility index (Phi) is 2.59. The number of anilines is 1. The van der Waals surface area contributed by atoms with Crippen LogP contribution in [0.1, 0.15) is 31.2 Å². The zero-order valence-corrected chi connectivity index (χ0v) is 7.90. The second-order valence-corrected chi connectivity index (χ2v) is 3.53. The zero-order valence-electron chi connectivity index (χ0n) is 7.90. The molecule has 1 heterocycles. The second-order valence-electron chi connectivity index (χ2n) is 3.53. The average molecular weight is 188 g/mol. The number of rotatable bonds is 2. The molecule has 1 aliphatic rings. The van der Waals surface area contributed by atoms with E-state index in [1.165, 1.54) is 25.7 Å². The van der Waals surface area contributed by atoms with Crippen LogP contribution in [-0.4, -0.2) is 16.2 Å². The summed E-state index contributed by atoms with van der Waals surface area (Å²) in [6, 6.07) is 4.26. The van der Waals surface area contributed by atoms with Crippen LogP contribution in [0.2, 0.25) is 0 Å². The number of nitrogens with zero attached hydrogens (tertiary/aromatic N) is 3. The summed E-state index contributed by atoms with van der Waals surface area (Å²) in [5.74, 6) is 0.627. The lowest BCUT2D eigenvalue weighted by atomic mass is 10.2. The molecule has 0 unspecified atom stereocenters. The molecule has 1 aliphatic carbocycles. The van der Waals surface area contributed by atoms with Crippen LogP contribution in [0.4, 0.5) is 5.82 Å². The van der Waals surface area contributed by atoms with E-state index in [-0.39, 0.29) is 0 Å². The summed E-state index contributed by atoms with van der Waals surface area (Å²) < 4.78 is 0. The molecule has 0 saturated heterocycles. The van der Waals surface area contributed by atoms with Crippen molar-refractivity contribution in [1.29, 1.82) is 5.26 Å². The van der Waals surface area contributed by atoms with E-state index in [9.17, 15) is 0 Å². The van der Waals surface area contributed by atoms with Crippen LogP contribution in [0.3, 0.4) is 0 Å². The van der Waals surface area contributed by atoms with Crippen LogP contribution in [0, 0.1) is 11.3 Å². The molecule has 1 aromatic rings. The SMILES string of the molecule is N#Cc1ccnnc1NC1CCCC1. The summed E-state index contributed by atoms with van der Waals surface area (Å²) in [4.78, 5) is 0. The lowest BCUT2D eigenvalue weighted by Crippen LogP contribution is -2.16. The summed E-state index contributed by atoms with van der Waals surface area (Å²) in [6.07, 6.45) is 6.40. The molecule has 1 aromatic heterocycles. The van der Waals surface area contributed by atoms with Crippen LogP contribution in [-0.2, 0) is 0 Å². The van der Waals surface area contributed by atoms with Crippen LogP contribution in [0.25, 0.3) is 0 Å². The quantitative estimate of drug-likeness (QED) is 0.767. The molecule has 1 fully saturated rings. The third-order valence-corrected chi connectivity index (χ3v) is 2.54. The van der Waals surface area contributed by atoms with Crippen molar-refractivity contribution in [3.05, 3.63) is 17.8 Å². The minimum absolute atomic E-state index is 0.471. The first-order valence-corrected chi connectivity index (χ1v) is 4.88. The highest BCUT2D eigenvalue weighted by Crippen LogP contribution is 2.22. The minimum Gasteiger partial charge on any atom is -0.365 e. The Labute approximate surface area is 83.0 Å². The fourth-order valence-corrected chi connectivity index (χ4v) is 1.79. The predicted molar refractivity (Wildman–Crippen MR) is 52.6 cm³/mol. The molecule has 0 aliphatic heterocycles. The third-order valence-electron chi connectivity index (χ3n) is 2.54. The Bertz CT molecular complexity index is 349. The van der Waals surface area contributed by atoms with Crippen molar-refractivity contribution in [2.24, 2.45) is 0 Å². The van der Waals surface area contributed by atoms with Gasteiger partial charge in [-0.05, 0) is 18.9 Å². The smallest absolute Gasteiger partial charge is 0.166 e. The molecule has 4 heteroatoms. The van der Waals surface area contributed by atoms with Gasteiger partial charge in [0.2, 0.25) is 0 Å². The molecule has 14 heavy (non-hydrogen) atoms. The molecule has 0 spiro atoms. The number of hydrogen-bond donors (Lipinski definition) is 1. The summed E-state index contributed by atoms with van der Waals surface area (Å²) in [7, 11) is 0. The van der Waals surface area contributed by atoms with Gasteiger partial charge in [-0.1, -0.05) is 12.8 Å². The molecule has 0 bridgehead atoms. The van der Waals surface area contributed by atoms with E-state index in [0.29, 0.717) is 17.4 Å². The second kappa shape index (κ2) is 4.05. The van der Waals surface area contributed by atoms with Crippen molar-refractivity contribution in [2.45, 2.75) is 31.7 Å². The molecular weight excluding hydrogens is 176 g/mol. The molecular formula is C10H12N4. The van der Waals surface area contributed by atoms with Gasteiger partial charge in [0, 0.05) is 6.04 Å². The summed E-state index contributed by atoms with van der Waals surface area (Å²) in [5, 5.41) is 19.8. The van der Waals surface area contributed by atoms with Crippen molar-refractivity contribution in [3.63, 3.8) is 0 Å². The summed E-state index contributed by atoms with van der Waals surface area (Å²) in [6.45, 7) is 0. The molecule has 1 saturated carbocycles. The van der Waals surface area contributed by atoms with Gasteiger partial charge in [0.25, 0.3) is 0 Å².